The molecule has 2 nitrogen and oxygen atoms in total. The highest BCUT2D eigenvalue weighted by molar-refractivity contribution is 7.10. The molecule has 0 radical (unpaired) electrons. The van der Waals surface area contributed by atoms with Crippen molar-refractivity contribution in [1.82, 2.24) is 4.98 Å². The Balaban J connectivity index is 1.66. The Morgan fingerprint density at radius 1 is 1.31 bits per heavy atom. The van der Waals surface area contributed by atoms with Crippen LogP contribution in [0.5, 0.6) is 0 Å². The van der Waals surface area contributed by atoms with Gasteiger partial charge in [0.1, 0.15) is 0 Å². The molecule has 2 aromatic heterocycles. The van der Waals surface area contributed by atoms with E-state index in [1.165, 1.54) is 9.75 Å². The summed E-state index contributed by atoms with van der Waals surface area (Å²) >= 11 is 3.40. The van der Waals surface area contributed by atoms with Gasteiger partial charge in [-0.05, 0) is 30.7 Å². The van der Waals surface area contributed by atoms with Gasteiger partial charge in [0.05, 0.1) is 11.6 Å². The minimum absolute atomic E-state index is 0.222. The predicted octanol–water partition coefficient (Wildman–Crippen LogP) is 3.13. The molecule has 16 heavy (non-hydrogen) atoms. The van der Waals surface area contributed by atoms with Gasteiger partial charge in [-0.1, -0.05) is 6.07 Å². The first-order valence-corrected chi connectivity index (χ1v) is 7.18. The van der Waals surface area contributed by atoms with Crippen LogP contribution in [0.4, 0.5) is 0 Å². The van der Waals surface area contributed by atoms with Crippen LogP contribution in [0.3, 0.4) is 0 Å². The van der Waals surface area contributed by atoms with Crippen LogP contribution in [0.1, 0.15) is 22.6 Å². The smallest absolute Gasteiger partial charge is 0.0794 e. The molecule has 0 saturated carbocycles. The molecular weight excluding hydrogens is 238 g/mol. The number of aromatic nitrogens is 1. The number of nitrogens with zero attached hydrogens (tertiary/aromatic N) is 1. The average Bonchev–Trinajstić information content (AvgIpc) is 2.90. The van der Waals surface area contributed by atoms with Crippen molar-refractivity contribution in [2.24, 2.45) is 0 Å². The predicted molar refractivity (Wildman–Crippen MR) is 69.1 cm³/mol. The Kier molecular flexibility index (Phi) is 4.51. The van der Waals surface area contributed by atoms with Crippen molar-refractivity contribution in [3.63, 3.8) is 0 Å². The number of thiophene rings is 1. The van der Waals surface area contributed by atoms with Crippen molar-refractivity contribution in [2.45, 2.75) is 31.8 Å². The SMILES string of the molecule is OC(CCCc1cccs1)Cc1cncs1. The average molecular weight is 253 g/mol. The van der Waals surface area contributed by atoms with Crippen molar-refractivity contribution in [3.8, 4) is 0 Å². The normalized spacial score (nSPS) is 12.8. The second kappa shape index (κ2) is 6.13. The number of hydrogen-bond acceptors (Lipinski definition) is 4. The maximum absolute atomic E-state index is 9.83. The van der Waals surface area contributed by atoms with Crippen LogP contribution >= 0.6 is 22.7 Å². The standard InChI is InChI=1S/C12H15NOS2/c14-10(7-12-8-13-9-16-12)3-1-4-11-5-2-6-15-11/h2,5-6,8-10,14H,1,3-4,7H2. The number of rotatable bonds is 6. The maximum atomic E-state index is 9.83. The highest BCUT2D eigenvalue weighted by Crippen LogP contribution is 2.15. The molecule has 0 amide bonds. The van der Waals surface area contributed by atoms with Gasteiger partial charge in [-0.3, -0.25) is 4.98 Å². The van der Waals surface area contributed by atoms with E-state index in [0.717, 1.165) is 25.7 Å². The van der Waals surface area contributed by atoms with E-state index in [4.69, 9.17) is 0 Å². The summed E-state index contributed by atoms with van der Waals surface area (Å²) in [6, 6.07) is 4.23. The number of hydrogen-bond donors (Lipinski definition) is 1. The summed E-state index contributed by atoms with van der Waals surface area (Å²) < 4.78 is 0. The summed E-state index contributed by atoms with van der Waals surface area (Å²) in [5, 5.41) is 11.9. The number of thiazole rings is 1. The summed E-state index contributed by atoms with van der Waals surface area (Å²) in [6.07, 6.45) is 5.37. The van der Waals surface area contributed by atoms with Crippen molar-refractivity contribution in [1.29, 1.82) is 0 Å². The lowest BCUT2D eigenvalue weighted by Gasteiger charge is -2.07. The lowest BCUT2D eigenvalue weighted by Crippen LogP contribution is -2.09. The Morgan fingerprint density at radius 3 is 2.94 bits per heavy atom. The quantitative estimate of drug-likeness (QED) is 0.858. The van der Waals surface area contributed by atoms with E-state index in [1.54, 1.807) is 22.7 Å². The maximum Gasteiger partial charge on any atom is 0.0794 e. The number of aliphatic hydroxyl groups excluding tert-OH is 1. The van der Waals surface area contributed by atoms with Gasteiger partial charge in [-0.2, -0.15) is 0 Å². The van der Waals surface area contributed by atoms with E-state index in [2.05, 4.69) is 22.5 Å². The zero-order valence-corrected chi connectivity index (χ0v) is 10.6. The third-order valence-corrected chi connectivity index (χ3v) is 4.20. The van der Waals surface area contributed by atoms with Crippen LogP contribution < -0.4 is 0 Å². The lowest BCUT2D eigenvalue weighted by atomic mass is 10.1. The minimum atomic E-state index is -0.222. The van der Waals surface area contributed by atoms with Crippen LogP contribution in [-0.4, -0.2) is 16.2 Å². The van der Waals surface area contributed by atoms with E-state index in [0.29, 0.717) is 0 Å². The largest absolute Gasteiger partial charge is 0.393 e. The van der Waals surface area contributed by atoms with Crippen molar-refractivity contribution < 1.29 is 5.11 Å². The molecule has 1 atom stereocenters. The molecule has 2 heterocycles. The molecule has 1 unspecified atom stereocenters. The molecule has 2 aromatic rings. The number of aliphatic hydroxyl groups is 1. The summed E-state index contributed by atoms with van der Waals surface area (Å²) in [5.74, 6) is 0. The summed E-state index contributed by atoms with van der Waals surface area (Å²) in [7, 11) is 0. The van der Waals surface area contributed by atoms with Crippen LogP contribution in [0.25, 0.3) is 0 Å². The van der Waals surface area contributed by atoms with E-state index < -0.39 is 0 Å². The molecule has 0 aromatic carbocycles. The molecule has 86 valence electrons. The van der Waals surface area contributed by atoms with Gasteiger partial charge < -0.3 is 5.11 Å². The van der Waals surface area contributed by atoms with Crippen LogP contribution in [0.2, 0.25) is 0 Å². The molecule has 0 fully saturated rings. The third-order valence-electron chi connectivity index (χ3n) is 2.46. The summed E-state index contributed by atoms with van der Waals surface area (Å²) in [4.78, 5) is 6.58. The molecule has 0 bridgehead atoms. The molecule has 4 heteroatoms. The molecule has 0 spiro atoms. The molecule has 0 aliphatic heterocycles. The Bertz CT molecular complexity index is 383. The van der Waals surface area contributed by atoms with E-state index >= 15 is 0 Å². The van der Waals surface area contributed by atoms with Gasteiger partial charge in [-0.25, -0.2) is 0 Å². The van der Waals surface area contributed by atoms with E-state index in [1.807, 2.05) is 11.7 Å². The number of aryl methyl sites for hydroxylation is 1. The van der Waals surface area contributed by atoms with Crippen LogP contribution in [0.15, 0.2) is 29.2 Å². The third kappa shape index (κ3) is 3.70. The zero-order valence-electron chi connectivity index (χ0n) is 9.00. The Labute approximate surface area is 104 Å². The topological polar surface area (TPSA) is 33.1 Å². The second-order valence-electron chi connectivity index (χ2n) is 3.80. The molecule has 0 aliphatic rings. The first-order chi connectivity index (χ1) is 7.84. The van der Waals surface area contributed by atoms with Gasteiger partial charge in [0, 0.05) is 22.4 Å². The van der Waals surface area contributed by atoms with Crippen LogP contribution in [0, 0.1) is 0 Å². The Hall–Kier alpha value is -0.710. The molecular formula is C12H15NOS2. The zero-order chi connectivity index (χ0) is 11.2. The monoisotopic (exact) mass is 253 g/mol. The fourth-order valence-corrected chi connectivity index (χ4v) is 3.06. The van der Waals surface area contributed by atoms with Crippen molar-refractivity contribution in [3.05, 3.63) is 39.0 Å². The van der Waals surface area contributed by atoms with Gasteiger partial charge >= 0.3 is 0 Å². The molecule has 0 aliphatic carbocycles. The highest BCUT2D eigenvalue weighted by Gasteiger charge is 2.06. The minimum Gasteiger partial charge on any atom is -0.393 e. The van der Waals surface area contributed by atoms with Gasteiger partial charge in [0.15, 0.2) is 0 Å². The fourth-order valence-electron chi connectivity index (χ4n) is 1.64. The van der Waals surface area contributed by atoms with Crippen molar-refractivity contribution >= 4 is 22.7 Å². The van der Waals surface area contributed by atoms with E-state index in [-0.39, 0.29) is 6.10 Å². The first kappa shape index (κ1) is 11.8. The summed E-state index contributed by atoms with van der Waals surface area (Å²) in [5.41, 5.74) is 1.81. The molecule has 0 saturated heterocycles. The summed E-state index contributed by atoms with van der Waals surface area (Å²) in [6.45, 7) is 0. The molecule has 1 N–H and O–H groups in total. The first-order valence-electron chi connectivity index (χ1n) is 5.42. The Morgan fingerprint density at radius 2 is 2.25 bits per heavy atom. The van der Waals surface area contributed by atoms with Crippen LogP contribution in [-0.2, 0) is 12.8 Å². The van der Waals surface area contributed by atoms with E-state index in [9.17, 15) is 5.11 Å². The van der Waals surface area contributed by atoms with Gasteiger partial charge in [-0.15, -0.1) is 22.7 Å². The van der Waals surface area contributed by atoms with Crippen molar-refractivity contribution in [2.75, 3.05) is 0 Å². The fraction of sp³-hybridized carbons (Fsp3) is 0.417. The lowest BCUT2D eigenvalue weighted by molar-refractivity contribution is 0.163. The highest BCUT2D eigenvalue weighted by atomic mass is 32.1. The van der Waals surface area contributed by atoms with Gasteiger partial charge in [0.2, 0.25) is 0 Å². The second-order valence-corrected chi connectivity index (χ2v) is 5.80. The molecule has 2 rings (SSSR count). The van der Waals surface area contributed by atoms with Gasteiger partial charge in [0.25, 0.3) is 0 Å².